The van der Waals surface area contributed by atoms with E-state index in [-0.39, 0.29) is 22.5 Å². The van der Waals surface area contributed by atoms with Gasteiger partial charge in [0, 0.05) is 23.2 Å². The Bertz CT molecular complexity index is 953. The molecule has 0 bridgehead atoms. The van der Waals surface area contributed by atoms with E-state index < -0.39 is 0 Å². The molecule has 1 heterocycles. The van der Waals surface area contributed by atoms with E-state index in [0.717, 1.165) is 37.1 Å². The van der Waals surface area contributed by atoms with Crippen molar-refractivity contribution in [3.8, 4) is 0 Å². The highest BCUT2D eigenvalue weighted by Crippen LogP contribution is 2.66. The second-order valence-corrected chi connectivity index (χ2v) is 12.0. The Morgan fingerprint density at radius 2 is 2.03 bits per heavy atom. The van der Waals surface area contributed by atoms with Gasteiger partial charge < -0.3 is 0 Å². The zero-order chi connectivity index (χ0) is 22.3. The van der Waals surface area contributed by atoms with Crippen LogP contribution >= 0.6 is 11.8 Å². The van der Waals surface area contributed by atoms with Crippen LogP contribution in [0, 0.1) is 34.5 Å². The van der Waals surface area contributed by atoms with E-state index in [1.165, 1.54) is 24.8 Å². The number of hydrogen-bond donors (Lipinski definition) is 0. The van der Waals surface area contributed by atoms with Gasteiger partial charge in [0.05, 0.1) is 5.75 Å². The molecule has 0 aromatic carbocycles. The monoisotopic (exact) mass is 449 g/mol. The summed E-state index contributed by atoms with van der Waals surface area (Å²) < 4.78 is 0. The first kappa shape index (κ1) is 22.1. The molecule has 32 heavy (non-hydrogen) atoms. The molecule has 0 saturated heterocycles. The first-order chi connectivity index (χ1) is 15.4. The maximum atomic E-state index is 13.3. The summed E-state index contributed by atoms with van der Waals surface area (Å²) in [7, 11) is 0. The molecule has 4 heteroatoms. The fourth-order valence-electron chi connectivity index (χ4n) is 7.72. The van der Waals surface area contributed by atoms with E-state index in [1.54, 1.807) is 17.8 Å². The van der Waals surface area contributed by atoms with Crippen LogP contribution in [0.2, 0.25) is 0 Å². The number of thioether (sulfide) groups is 1. The average molecular weight is 450 g/mol. The summed E-state index contributed by atoms with van der Waals surface area (Å²) in [4.78, 5) is 29.7. The summed E-state index contributed by atoms with van der Waals surface area (Å²) in [5.74, 6) is 4.41. The van der Waals surface area contributed by atoms with Gasteiger partial charge in [-0.15, -0.1) is 0 Å². The van der Waals surface area contributed by atoms with Gasteiger partial charge in [0.2, 0.25) is 0 Å². The lowest BCUT2D eigenvalue weighted by Crippen LogP contribution is -2.50. The van der Waals surface area contributed by atoms with Crippen molar-refractivity contribution in [2.45, 2.75) is 58.8 Å². The number of ketones is 2. The molecule has 4 aliphatic carbocycles. The van der Waals surface area contributed by atoms with Gasteiger partial charge in [0.1, 0.15) is 5.78 Å². The quantitative estimate of drug-likeness (QED) is 0.511. The largest absolute Gasteiger partial charge is 0.298 e. The molecular weight excluding hydrogens is 414 g/mol. The lowest BCUT2D eigenvalue weighted by atomic mass is 9.47. The molecule has 0 spiro atoms. The van der Waals surface area contributed by atoms with Crippen LogP contribution in [-0.2, 0) is 16.0 Å². The van der Waals surface area contributed by atoms with Crippen LogP contribution in [0.5, 0.6) is 0 Å². The minimum Gasteiger partial charge on any atom is -0.298 e. The zero-order valence-electron chi connectivity index (χ0n) is 19.4. The second-order valence-electron chi connectivity index (χ2n) is 10.9. The molecule has 0 aliphatic heterocycles. The number of rotatable bonds is 6. The van der Waals surface area contributed by atoms with Gasteiger partial charge in [-0.1, -0.05) is 31.6 Å². The fourth-order valence-corrected chi connectivity index (χ4v) is 8.62. The van der Waals surface area contributed by atoms with Crippen LogP contribution in [-0.4, -0.2) is 28.1 Å². The van der Waals surface area contributed by atoms with Crippen LogP contribution in [0.3, 0.4) is 0 Å². The van der Waals surface area contributed by atoms with Gasteiger partial charge in [-0.05, 0) is 98.2 Å². The third-order valence-electron chi connectivity index (χ3n) is 9.42. The van der Waals surface area contributed by atoms with Gasteiger partial charge in [0.15, 0.2) is 5.78 Å². The number of Topliss-reactive ketones (excluding diaryl/α,β-unsaturated/α-hetero) is 1. The number of hydrogen-bond acceptors (Lipinski definition) is 4. The van der Waals surface area contributed by atoms with Crippen molar-refractivity contribution in [3.63, 3.8) is 0 Å². The van der Waals surface area contributed by atoms with E-state index in [4.69, 9.17) is 0 Å². The maximum absolute atomic E-state index is 13.3. The minimum absolute atomic E-state index is 0.0432. The van der Waals surface area contributed by atoms with Gasteiger partial charge in [-0.2, -0.15) is 11.8 Å². The predicted octanol–water partition coefficient (Wildman–Crippen LogP) is 5.85. The molecule has 1 aromatic heterocycles. The number of allylic oxidation sites excluding steroid dienone is 4. The Morgan fingerprint density at radius 1 is 1.16 bits per heavy atom. The first-order valence-electron chi connectivity index (χ1n) is 12.4. The van der Waals surface area contributed by atoms with Crippen LogP contribution in [0.4, 0.5) is 0 Å². The second kappa shape index (κ2) is 8.59. The highest BCUT2D eigenvalue weighted by atomic mass is 32.2. The summed E-state index contributed by atoms with van der Waals surface area (Å²) >= 11 is 1.78. The number of aromatic nitrogens is 1. The van der Waals surface area contributed by atoms with Crippen molar-refractivity contribution < 1.29 is 9.59 Å². The molecular formula is C28H35NO2S. The molecule has 6 atom stereocenters. The Morgan fingerprint density at radius 3 is 2.84 bits per heavy atom. The average Bonchev–Trinajstić information content (AvgIpc) is 3.15. The number of aryl methyl sites for hydroxylation is 1. The van der Waals surface area contributed by atoms with Crippen LogP contribution < -0.4 is 0 Å². The third kappa shape index (κ3) is 3.73. The molecule has 4 aliphatic rings. The topological polar surface area (TPSA) is 47.0 Å². The van der Waals surface area contributed by atoms with Crippen LogP contribution in [0.15, 0.2) is 48.2 Å². The van der Waals surface area contributed by atoms with E-state index in [0.29, 0.717) is 29.3 Å². The molecule has 3 fully saturated rings. The Labute approximate surface area is 196 Å². The Kier molecular flexibility index (Phi) is 5.94. The normalized spacial score (nSPS) is 37.9. The molecule has 0 radical (unpaired) electrons. The van der Waals surface area contributed by atoms with E-state index in [9.17, 15) is 9.59 Å². The smallest absolute Gasteiger partial charge is 0.178 e. The summed E-state index contributed by atoms with van der Waals surface area (Å²) in [5.41, 5.74) is 2.66. The standard InChI is InChI=1S/C28H35NO2S/c1-27-13-10-21(30)17-19(27)6-7-22-23-8-9-25(28(23,2)14-11-24(22)27)26(31)18-32-16-12-20-5-3-4-15-29-20/h3-5,10,13,15,17,22-25H,6-9,11-12,14,16,18H2,1-2H3. The number of fused-ring (bicyclic) bond motifs is 5. The molecule has 170 valence electrons. The highest BCUT2D eigenvalue weighted by Gasteiger charge is 2.59. The molecule has 1 aromatic rings. The maximum Gasteiger partial charge on any atom is 0.178 e. The van der Waals surface area contributed by atoms with Gasteiger partial charge in [-0.3, -0.25) is 14.6 Å². The lowest BCUT2D eigenvalue weighted by Gasteiger charge is -2.57. The van der Waals surface area contributed by atoms with Crippen molar-refractivity contribution in [1.82, 2.24) is 4.98 Å². The molecule has 0 N–H and O–H groups in total. The van der Waals surface area contributed by atoms with E-state index >= 15 is 0 Å². The Balaban J connectivity index is 1.23. The van der Waals surface area contributed by atoms with Gasteiger partial charge in [0.25, 0.3) is 0 Å². The summed E-state index contributed by atoms with van der Waals surface area (Å²) in [6, 6.07) is 6.03. The lowest BCUT2D eigenvalue weighted by molar-refractivity contribution is -0.126. The molecule has 3 saturated carbocycles. The molecule has 3 nitrogen and oxygen atoms in total. The van der Waals surface area contributed by atoms with Crippen molar-refractivity contribution in [2.24, 2.45) is 34.5 Å². The minimum atomic E-state index is 0.0432. The fraction of sp³-hybridized carbons (Fsp3) is 0.607. The van der Waals surface area contributed by atoms with Crippen molar-refractivity contribution >= 4 is 23.3 Å². The SMILES string of the molecule is CC12C=CC(=O)C=C1CCC1C2CCC2(C)C(C(=O)CSCCc3ccccn3)CCC12. The van der Waals surface area contributed by atoms with Crippen molar-refractivity contribution in [3.05, 3.63) is 53.9 Å². The predicted molar refractivity (Wildman–Crippen MR) is 130 cm³/mol. The number of pyridine rings is 1. The van der Waals surface area contributed by atoms with E-state index in [1.807, 2.05) is 24.4 Å². The summed E-state index contributed by atoms with van der Waals surface area (Å²) in [5, 5.41) is 0. The number of nitrogens with zero attached hydrogens (tertiary/aromatic N) is 1. The zero-order valence-corrected chi connectivity index (χ0v) is 20.2. The molecule has 6 unspecified atom stereocenters. The van der Waals surface area contributed by atoms with Crippen LogP contribution in [0.1, 0.15) is 58.1 Å². The molecule has 5 rings (SSSR count). The summed E-state index contributed by atoms with van der Waals surface area (Å²) in [6.07, 6.45) is 15.5. The van der Waals surface area contributed by atoms with Crippen LogP contribution in [0.25, 0.3) is 0 Å². The van der Waals surface area contributed by atoms with Gasteiger partial charge >= 0.3 is 0 Å². The van der Waals surface area contributed by atoms with Crippen molar-refractivity contribution in [2.75, 3.05) is 11.5 Å². The summed E-state index contributed by atoms with van der Waals surface area (Å²) in [6.45, 7) is 4.78. The van der Waals surface area contributed by atoms with Crippen molar-refractivity contribution in [1.29, 1.82) is 0 Å². The Hall–Kier alpha value is -1.68. The van der Waals surface area contributed by atoms with Gasteiger partial charge in [-0.25, -0.2) is 0 Å². The number of carbonyl (C=O) groups is 2. The number of carbonyl (C=O) groups excluding carboxylic acids is 2. The van der Waals surface area contributed by atoms with E-state index in [2.05, 4.69) is 31.0 Å². The highest BCUT2D eigenvalue weighted by molar-refractivity contribution is 7.99. The molecule has 0 amide bonds. The first-order valence-corrected chi connectivity index (χ1v) is 13.5. The third-order valence-corrected chi connectivity index (χ3v) is 10.4.